The smallest absolute Gasteiger partial charge is 0.211 e. The fraction of sp³-hybridized carbons (Fsp3) is 0.455. The van der Waals surface area contributed by atoms with Gasteiger partial charge in [-0.2, -0.15) is 0 Å². The molecule has 0 saturated heterocycles. The number of ether oxygens (including phenoxy) is 2. The molecule has 96 valence electrons. The number of hydrogen-bond acceptors (Lipinski definition) is 4. The Hall–Kier alpha value is -1.11. The maximum absolute atomic E-state index is 10.6. The van der Waals surface area contributed by atoms with Crippen LogP contribution in [0.2, 0.25) is 0 Å². The van der Waals surface area contributed by atoms with Gasteiger partial charge in [-0.15, -0.1) is 0 Å². The molecule has 0 aromatic heterocycles. The van der Waals surface area contributed by atoms with E-state index in [9.17, 15) is 8.42 Å². The highest BCUT2D eigenvalue weighted by atomic mass is 32.2. The van der Waals surface area contributed by atoms with E-state index in [0.29, 0.717) is 13.2 Å². The molecule has 0 bridgehead atoms. The Morgan fingerprint density at radius 2 is 1.88 bits per heavy atom. The van der Waals surface area contributed by atoms with Gasteiger partial charge in [0.25, 0.3) is 0 Å². The maximum atomic E-state index is 10.6. The van der Waals surface area contributed by atoms with E-state index in [2.05, 4.69) is 0 Å². The van der Waals surface area contributed by atoms with Gasteiger partial charge in [0, 0.05) is 0 Å². The largest absolute Gasteiger partial charge is 0.491 e. The first kappa shape index (κ1) is 14.0. The molecule has 0 atom stereocenters. The van der Waals surface area contributed by atoms with Crippen molar-refractivity contribution in [3.8, 4) is 5.75 Å². The summed E-state index contributed by atoms with van der Waals surface area (Å²) < 4.78 is 31.7. The van der Waals surface area contributed by atoms with Crippen LogP contribution in [0.5, 0.6) is 5.75 Å². The molecule has 1 aromatic rings. The summed E-state index contributed by atoms with van der Waals surface area (Å²) in [6, 6.07) is 7.66. The van der Waals surface area contributed by atoms with Crippen molar-refractivity contribution in [1.82, 2.24) is 0 Å². The third-order valence-electron chi connectivity index (χ3n) is 2.09. The second-order valence-corrected chi connectivity index (χ2v) is 5.33. The standard InChI is InChI=1S/C11H17NO4S/c1-10-4-2-3-5-11(10)16-7-6-15-8-9-17(12,13)14/h2-5H,6-9H2,1H3,(H2,12,13,14). The van der Waals surface area contributed by atoms with Crippen LogP contribution in [0.1, 0.15) is 5.56 Å². The van der Waals surface area contributed by atoms with Crippen LogP contribution in [0.25, 0.3) is 0 Å². The number of sulfonamides is 1. The SMILES string of the molecule is Cc1ccccc1OCCOCCS(N)(=O)=O. The molecule has 0 fully saturated rings. The van der Waals surface area contributed by atoms with Gasteiger partial charge in [-0.25, -0.2) is 13.6 Å². The van der Waals surface area contributed by atoms with E-state index in [1.807, 2.05) is 31.2 Å². The maximum Gasteiger partial charge on any atom is 0.211 e. The molecular weight excluding hydrogens is 242 g/mol. The van der Waals surface area contributed by atoms with Gasteiger partial charge in [-0.05, 0) is 18.6 Å². The molecule has 0 heterocycles. The van der Waals surface area contributed by atoms with Gasteiger partial charge in [0.1, 0.15) is 12.4 Å². The minimum Gasteiger partial charge on any atom is -0.491 e. The molecule has 5 nitrogen and oxygen atoms in total. The van der Waals surface area contributed by atoms with Gasteiger partial charge in [0.2, 0.25) is 10.0 Å². The zero-order chi connectivity index (χ0) is 12.7. The first-order chi connectivity index (χ1) is 7.99. The summed E-state index contributed by atoms with van der Waals surface area (Å²) in [5.41, 5.74) is 1.05. The van der Waals surface area contributed by atoms with Crippen LogP contribution >= 0.6 is 0 Å². The minimum atomic E-state index is -3.44. The zero-order valence-corrected chi connectivity index (χ0v) is 10.6. The number of primary sulfonamides is 1. The van der Waals surface area contributed by atoms with Gasteiger partial charge in [0.05, 0.1) is 19.0 Å². The van der Waals surface area contributed by atoms with Crippen molar-refractivity contribution in [2.45, 2.75) is 6.92 Å². The Balaban J connectivity index is 2.15. The number of para-hydroxylation sites is 1. The Morgan fingerprint density at radius 1 is 1.18 bits per heavy atom. The Morgan fingerprint density at radius 3 is 2.53 bits per heavy atom. The fourth-order valence-electron chi connectivity index (χ4n) is 1.21. The van der Waals surface area contributed by atoms with E-state index in [0.717, 1.165) is 11.3 Å². The summed E-state index contributed by atoms with van der Waals surface area (Å²) >= 11 is 0. The Labute approximate surface area is 102 Å². The molecule has 0 unspecified atom stereocenters. The highest BCUT2D eigenvalue weighted by Crippen LogP contribution is 2.15. The van der Waals surface area contributed by atoms with Crippen molar-refractivity contribution in [3.63, 3.8) is 0 Å². The molecule has 0 aliphatic heterocycles. The molecule has 0 spiro atoms. The normalized spacial score (nSPS) is 11.4. The molecule has 1 aromatic carbocycles. The van der Waals surface area contributed by atoms with Crippen LogP contribution in [0.4, 0.5) is 0 Å². The molecule has 0 amide bonds. The molecule has 0 aliphatic carbocycles. The lowest BCUT2D eigenvalue weighted by Crippen LogP contribution is -2.21. The quantitative estimate of drug-likeness (QED) is 0.730. The van der Waals surface area contributed by atoms with E-state index in [4.69, 9.17) is 14.6 Å². The summed E-state index contributed by atoms with van der Waals surface area (Å²) in [6.07, 6.45) is 0. The summed E-state index contributed by atoms with van der Waals surface area (Å²) in [6.45, 7) is 2.77. The molecule has 2 N–H and O–H groups in total. The van der Waals surface area contributed by atoms with Crippen molar-refractivity contribution in [2.24, 2.45) is 5.14 Å². The predicted octanol–water partition coefficient (Wildman–Crippen LogP) is 0.679. The second kappa shape index (κ2) is 6.58. The number of benzene rings is 1. The van der Waals surface area contributed by atoms with Crippen molar-refractivity contribution in [3.05, 3.63) is 29.8 Å². The van der Waals surface area contributed by atoms with E-state index >= 15 is 0 Å². The van der Waals surface area contributed by atoms with Crippen molar-refractivity contribution < 1.29 is 17.9 Å². The number of aryl methyl sites for hydroxylation is 1. The first-order valence-electron chi connectivity index (χ1n) is 5.26. The van der Waals surface area contributed by atoms with Crippen molar-refractivity contribution >= 4 is 10.0 Å². The summed E-state index contributed by atoms with van der Waals surface area (Å²) in [5.74, 6) is 0.639. The summed E-state index contributed by atoms with van der Waals surface area (Å²) in [7, 11) is -3.44. The van der Waals surface area contributed by atoms with E-state index < -0.39 is 10.0 Å². The average molecular weight is 259 g/mol. The van der Waals surface area contributed by atoms with E-state index in [1.165, 1.54) is 0 Å². The lowest BCUT2D eigenvalue weighted by molar-refractivity contribution is 0.111. The molecule has 0 radical (unpaired) electrons. The van der Waals surface area contributed by atoms with Gasteiger partial charge in [-0.3, -0.25) is 0 Å². The molecule has 17 heavy (non-hydrogen) atoms. The molecule has 6 heteroatoms. The molecule has 1 rings (SSSR count). The van der Waals surface area contributed by atoms with E-state index in [-0.39, 0.29) is 12.4 Å². The lowest BCUT2D eigenvalue weighted by atomic mass is 10.2. The monoisotopic (exact) mass is 259 g/mol. The van der Waals surface area contributed by atoms with E-state index in [1.54, 1.807) is 0 Å². The fourth-order valence-corrected chi connectivity index (χ4v) is 1.56. The minimum absolute atomic E-state index is 0.0932. The molecule has 0 aliphatic rings. The van der Waals surface area contributed by atoms with Crippen LogP contribution in [0.15, 0.2) is 24.3 Å². The first-order valence-corrected chi connectivity index (χ1v) is 6.97. The lowest BCUT2D eigenvalue weighted by Gasteiger charge is -2.08. The summed E-state index contributed by atoms with van der Waals surface area (Å²) in [4.78, 5) is 0. The summed E-state index contributed by atoms with van der Waals surface area (Å²) in [5, 5.41) is 4.82. The zero-order valence-electron chi connectivity index (χ0n) is 9.76. The van der Waals surface area contributed by atoms with Crippen molar-refractivity contribution in [2.75, 3.05) is 25.6 Å². The number of nitrogens with two attached hydrogens (primary N) is 1. The second-order valence-electron chi connectivity index (χ2n) is 3.59. The predicted molar refractivity (Wildman–Crippen MR) is 65.5 cm³/mol. The number of rotatable bonds is 7. The van der Waals surface area contributed by atoms with Gasteiger partial charge in [-0.1, -0.05) is 18.2 Å². The third-order valence-corrected chi connectivity index (χ3v) is 2.83. The van der Waals surface area contributed by atoms with Gasteiger partial charge in [0.15, 0.2) is 0 Å². The van der Waals surface area contributed by atoms with Crippen LogP contribution in [0.3, 0.4) is 0 Å². The van der Waals surface area contributed by atoms with Gasteiger partial charge < -0.3 is 9.47 Å². The van der Waals surface area contributed by atoms with Gasteiger partial charge >= 0.3 is 0 Å². The molecular formula is C11H17NO4S. The topological polar surface area (TPSA) is 78.6 Å². The number of hydrogen-bond donors (Lipinski definition) is 1. The molecule has 0 saturated carbocycles. The highest BCUT2D eigenvalue weighted by Gasteiger charge is 2.02. The van der Waals surface area contributed by atoms with Crippen LogP contribution in [-0.4, -0.2) is 34.0 Å². The average Bonchev–Trinajstić information content (AvgIpc) is 2.24. The highest BCUT2D eigenvalue weighted by molar-refractivity contribution is 7.89. The van der Waals surface area contributed by atoms with Crippen LogP contribution < -0.4 is 9.88 Å². The van der Waals surface area contributed by atoms with Crippen molar-refractivity contribution in [1.29, 1.82) is 0 Å². The Bertz CT molecular complexity index is 445. The van der Waals surface area contributed by atoms with Crippen LogP contribution in [-0.2, 0) is 14.8 Å². The van der Waals surface area contributed by atoms with Crippen LogP contribution in [0, 0.1) is 6.92 Å². The third kappa shape index (κ3) is 6.25. The Kier molecular flexibility index (Phi) is 5.40.